The fourth-order valence-electron chi connectivity index (χ4n) is 3.27. The average molecular weight is 465 g/mol. The zero-order chi connectivity index (χ0) is 22.8. The predicted molar refractivity (Wildman–Crippen MR) is 129 cm³/mol. The van der Waals surface area contributed by atoms with Gasteiger partial charge in [0.1, 0.15) is 4.83 Å². The second-order valence-electron chi connectivity index (χ2n) is 7.17. The van der Waals surface area contributed by atoms with Crippen LogP contribution < -0.4 is 16.6 Å². The topological polar surface area (TPSA) is 107 Å². The number of rotatable bonds is 6. The summed E-state index contributed by atoms with van der Waals surface area (Å²) < 4.78 is 1.47. The lowest BCUT2D eigenvalue weighted by molar-refractivity contribution is -0.113. The molecule has 0 bridgehead atoms. The number of nitrogens with zero attached hydrogens (tertiary/aromatic N) is 2. The number of anilines is 1. The summed E-state index contributed by atoms with van der Waals surface area (Å²) in [6.07, 6.45) is 0. The van der Waals surface area contributed by atoms with Gasteiger partial charge in [-0.2, -0.15) is 0 Å². The number of hydrogen-bond acceptors (Lipinski definition) is 6. The van der Waals surface area contributed by atoms with E-state index in [1.807, 2.05) is 49.4 Å². The molecule has 2 amide bonds. The number of benzene rings is 2. The zero-order valence-corrected chi connectivity index (χ0v) is 19.0. The molecule has 0 radical (unpaired) electrons. The van der Waals surface area contributed by atoms with Gasteiger partial charge in [0.2, 0.25) is 5.91 Å². The molecule has 0 unspecified atom stereocenters. The molecule has 7 nitrogen and oxygen atoms in total. The second-order valence-corrected chi connectivity index (χ2v) is 9.12. The molecule has 0 aliphatic heterocycles. The van der Waals surface area contributed by atoms with Crippen molar-refractivity contribution in [2.45, 2.75) is 19.0 Å². The van der Waals surface area contributed by atoms with E-state index in [0.717, 1.165) is 28.7 Å². The van der Waals surface area contributed by atoms with Crippen molar-refractivity contribution in [2.75, 3.05) is 11.1 Å². The highest BCUT2D eigenvalue weighted by molar-refractivity contribution is 7.99. The number of nitrogens with one attached hydrogen (secondary N) is 1. The van der Waals surface area contributed by atoms with Crippen molar-refractivity contribution in [3.63, 3.8) is 0 Å². The summed E-state index contributed by atoms with van der Waals surface area (Å²) in [5.41, 5.74) is 8.12. The first-order valence-corrected chi connectivity index (χ1v) is 11.6. The lowest BCUT2D eigenvalue weighted by Gasteiger charge is -2.12. The number of thiophene rings is 1. The van der Waals surface area contributed by atoms with Gasteiger partial charge in [-0.05, 0) is 43.7 Å². The smallest absolute Gasteiger partial charge is 0.267 e. The fraction of sp³-hybridized carbons (Fsp3) is 0.130. The van der Waals surface area contributed by atoms with Crippen LogP contribution in [0.5, 0.6) is 0 Å². The minimum Gasteiger partial charge on any atom is -0.365 e. The Bertz CT molecular complexity index is 1380. The van der Waals surface area contributed by atoms with Gasteiger partial charge in [-0.3, -0.25) is 19.0 Å². The Hall–Kier alpha value is -3.43. The Morgan fingerprint density at radius 2 is 1.78 bits per heavy atom. The highest BCUT2D eigenvalue weighted by atomic mass is 32.2. The standard InChI is InChI=1S/C23H20N4O3S2/c1-13-8-10-15(11-9-13)25-17(28)12-31-23-26-21-18(14(2)19(32-21)20(24)29)22(30)27(23)16-6-4-3-5-7-16/h3-11H,12H2,1-2H3,(H2,24,29)(H,25,28). The van der Waals surface area contributed by atoms with Gasteiger partial charge >= 0.3 is 0 Å². The number of para-hydroxylation sites is 1. The molecule has 0 saturated heterocycles. The van der Waals surface area contributed by atoms with Crippen LogP contribution in [0.25, 0.3) is 15.9 Å². The molecule has 9 heteroatoms. The van der Waals surface area contributed by atoms with E-state index in [1.165, 1.54) is 4.57 Å². The first-order valence-electron chi connectivity index (χ1n) is 9.76. The summed E-state index contributed by atoms with van der Waals surface area (Å²) in [5, 5.41) is 3.57. The maximum Gasteiger partial charge on any atom is 0.267 e. The number of amides is 2. The van der Waals surface area contributed by atoms with E-state index in [4.69, 9.17) is 5.73 Å². The van der Waals surface area contributed by atoms with Gasteiger partial charge in [0.05, 0.1) is 21.7 Å². The summed E-state index contributed by atoms with van der Waals surface area (Å²) in [5.74, 6) is -0.748. The molecule has 162 valence electrons. The van der Waals surface area contributed by atoms with Crippen molar-refractivity contribution in [1.82, 2.24) is 9.55 Å². The monoisotopic (exact) mass is 464 g/mol. The third-order valence-corrected chi connectivity index (χ3v) is 6.98. The van der Waals surface area contributed by atoms with E-state index in [0.29, 0.717) is 37.2 Å². The Morgan fingerprint density at radius 1 is 1.09 bits per heavy atom. The SMILES string of the molecule is Cc1ccc(NC(=O)CSc2nc3sc(C(N)=O)c(C)c3c(=O)n2-c2ccccc2)cc1. The Balaban J connectivity index is 1.72. The fourth-order valence-corrected chi connectivity index (χ4v) is 5.15. The van der Waals surface area contributed by atoms with Crippen LogP contribution >= 0.6 is 23.1 Å². The van der Waals surface area contributed by atoms with Gasteiger partial charge in [0, 0.05) is 5.69 Å². The summed E-state index contributed by atoms with van der Waals surface area (Å²) in [4.78, 5) is 43.1. The third kappa shape index (κ3) is 4.30. The van der Waals surface area contributed by atoms with Gasteiger partial charge in [-0.15, -0.1) is 11.3 Å². The first kappa shape index (κ1) is 21.8. The number of primary amides is 1. The third-order valence-electron chi connectivity index (χ3n) is 4.84. The van der Waals surface area contributed by atoms with Crippen LogP contribution in [0.15, 0.2) is 64.5 Å². The Morgan fingerprint density at radius 3 is 2.44 bits per heavy atom. The van der Waals surface area contributed by atoms with Crippen LogP contribution in [0, 0.1) is 13.8 Å². The minimum absolute atomic E-state index is 0.0612. The van der Waals surface area contributed by atoms with Crippen molar-refractivity contribution in [2.24, 2.45) is 5.73 Å². The molecule has 0 aliphatic carbocycles. The van der Waals surface area contributed by atoms with E-state index in [9.17, 15) is 14.4 Å². The number of carbonyl (C=O) groups is 2. The van der Waals surface area contributed by atoms with Crippen LogP contribution in [-0.2, 0) is 4.79 Å². The van der Waals surface area contributed by atoms with Gasteiger partial charge in [-0.1, -0.05) is 47.7 Å². The van der Waals surface area contributed by atoms with E-state index in [-0.39, 0.29) is 17.2 Å². The van der Waals surface area contributed by atoms with Crippen molar-refractivity contribution in [3.05, 3.63) is 81.0 Å². The van der Waals surface area contributed by atoms with Crippen molar-refractivity contribution >= 4 is 50.8 Å². The Labute approximate surface area is 192 Å². The van der Waals surface area contributed by atoms with Gasteiger partial charge < -0.3 is 11.1 Å². The van der Waals surface area contributed by atoms with Crippen LogP contribution in [0.2, 0.25) is 0 Å². The molecule has 4 rings (SSSR count). The summed E-state index contributed by atoms with van der Waals surface area (Å²) in [7, 11) is 0. The molecule has 0 atom stereocenters. The number of thioether (sulfide) groups is 1. The molecule has 32 heavy (non-hydrogen) atoms. The van der Waals surface area contributed by atoms with E-state index in [1.54, 1.807) is 19.1 Å². The maximum atomic E-state index is 13.4. The molecule has 0 spiro atoms. The normalized spacial score (nSPS) is 10.9. The number of fused-ring (bicyclic) bond motifs is 1. The molecule has 2 aromatic carbocycles. The van der Waals surface area contributed by atoms with Crippen molar-refractivity contribution in [1.29, 1.82) is 0 Å². The maximum absolute atomic E-state index is 13.4. The van der Waals surface area contributed by atoms with Crippen molar-refractivity contribution < 1.29 is 9.59 Å². The molecular weight excluding hydrogens is 444 g/mol. The molecule has 0 saturated carbocycles. The number of aromatic nitrogens is 2. The molecule has 4 aromatic rings. The van der Waals surface area contributed by atoms with Gasteiger partial charge in [0.15, 0.2) is 5.16 Å². The van der Waals surface area contributed by atoms with Gasteiger partial charge in [-0.25, -0.2) is 4.98 Å². The van der Waals surface area contributed by atoms with Crippen LogP contribution in [0.3, 0.4) is 0 Å². The lowest BCUT2D eigenvalue weighted by atomic mass is 10.2. The van der Waals surface area contributed by atoms with Crippen molar-refractivity contribution in [3.8, 4) is 5.69 Å². The molecular formula is C23H20N4O3S2. The predicted octanol–water partition coefficient (Wildman–Crippen LogP) is 3.89. The highest BCUT2D eigenvalue weighted by Crippen LogP contribution is 2.30. The van der Waals surface area contributed by atoms with E-state index < -0.39 is 5.91 Å². The quantitative estimate of drug-likeness (QED) is 0.332. The largest absolute Gasteiger partial charge is 0.365 e. The van der Waals surface area contributed by atoms with Crippen LogP contribution in [-0.4, -0.2) is 27.1 Å². The molecule has 0 fully saturated rings. The summed E-state index contributed by atoms with van der Waals surface area (Å²) in [6, 6.07) is 16.6. The van der Waals surface area contributed by atoms with Crippen LogP contribution in [0.4, 0.5) is 5.69 Å². The summed E-state index contributed by atoms with van der Waals surface area (Å²) >= 11 is 2.24. The van der Waals surface area contributed by atoms with Crippen LogP contribution in [0.1, 0.15) is 20.8 Å². The molecule has 0 aliphatic rings. The number of nitrogens with two attached hydrogens (primary N) is 1. The number of hydrogen-bond donors (Lipinski definition) is 2. The number of carbonyl (C=O) groups excluding carboxylic acids is 2. The second kappa shape index (κ2) is 8.97. The molecule has 2 aromatic heterocycles. The zero-order valence-electron chi connectivity index (χ0n) is 17.4. The minimum atomic E-state index is -0.595. The Kier molecular flexibility index (Phi) is 6.11. The highest BCUT2D eigenvalue weighted by Gasteiger charge is 2.21. The summed E-state index contributed by atoms with van der Waals surface area (Å²) in [6.45, 7) is 3.67. The van der Waals surface area contributed by atoms with Gasteiger partial charge in [0.25, 0.3) is 11.5 Å². The van der Waals surface area contributed by atoms with E-state index in [2.05, 4.69) is 10.3 Å². The first-order chi connectivity index (χ1) is 15.3. The molecule has 3 N–H and O–H groups in total. The lowest BCUT2D eigenvalue weighted by Crippen LogP contribution is -2.23. The van der Waals surface area contributed by atoms with E-state index >= 15 is 0 Å². The number of aryl methyl sites for hydroxylation is 2. The molecule has 2 heterocycles. The average Bonchev–Trinajstić information content (AvgIpc) is 3.11.